The predicted molar refractivity (Wildman–Crippen MR) is 114 cm³/mol. The molecule has 0 aliphatic heterocycles. The molecular formula is C23H29N3O. The predicted octanol–water partition coefficient (Wildman–Crippen LogP) is 5.70. The number of benzene rings is 2. The van der Waals surface area contributed by atoms with Gasteiger partial charge in [0.05, 0.1) is 0 Å². The zero-order valence-electron chi connectivity index (χ0n) is 16.8. The van der Waals surface area contributed by atoms with Crippen LogP contribution in [0.2, 0.25) is 0 Å². The normalized spacial score (nSPS) is 10.8. The Morgan fingerprint density at radius 1 is 0.667 bits per heavy atom. The molecule has 4 nitrogen and oxygen atoms in total. The van der Waals surface area contributed by atoms with E-state index in [-0.39, 0.29) is 0 Å². The van der Waals surface area contributed by atoms with Gasteiger partial charge in [-0.1, -0.05) is 12.1 Å². The van der Waals surface area contributed by atoms with Gasteiger partial charge in [0.15, 0.2) is 0 Å². The van der Waals surface area contributed by atoms with E-state index in [1.54, 1.807) is 6.26 Å². The van der Waals surface area contributed by atoms with E-state index in [0.29, 0.717) is 5.89 Å². The minimum Gasteiger partial charge on any atom is -0.444 e. The van der Waals surface area contributed by atoms with Crippen LogP contribution in [0.15, 0.2) is 59.2 Å². The summed E-state index contributed by atoms with van der Waals surface area (Å²) in [6, 6.07) is 16.9. The van der Waals surface area contributed by atoms with Gasteiger partial charge in [0, 0.05) is 48.7 Å². The van der Waals surface area contributed by atoms with Crippen molar-refractivity contribution in [3.63, 3.8) is 0 Å². The van der Waals surface area contributed by atoms with E-state index >= 15 is 0 Å². The van der Waals surface area contributed by atoms with Gasteiger partial charge in [0.2, 0.25) is 5.89 Å². The van der Waals surface area contributed by atoms with Crippen molar-refractivity contribution in [3.8, 4) is 22.7 Å². The lowest BCUT2D eigenvalue weighted by molar-refractivity contribution is 0.575. The third kappa shape index (κ3) is 4.16. The van der Waals surface area contributed by atoms with E-state index in [1.807, 2.05) is 0 Å². The topological polar surface area (TPSA) is 32.5 Å². The first-order valence-electron chi connectivity index (χ1n) is 9.86. The molecule has 0 radical (unpaired) electrons. The van der Waals surface area contributed by atoms with E-state index in [9.17, 15) is 0 Å². The van der Waals surface area contributed by atoms with Gasteiger partial charge in [-0.25, -0.2) is 4.98 Å². The third-order valence-corrected chi connectivity index (χ3v) is 5.04. The van der Waals surface area contributed by atoms with E-state index in [4.69, 9.17) is 4.42 Å². The largest absolute Gasteiger partial charge is 0.444 e. The summed E-state index contributed by atoms with van der Waals surface area (Å²) in [5, 5.41) is 0. The molecule has 0 aliphatic carbocycles. The molecule has 0 saturated heterocycles. The number of anilines is 2. The standard InChI is InChI=1S/C23H29N3O/c1-5-25(6-2)20-13-9-18(10-14-20)22-17-27-23(24-22)19-11-15-21(16-12-19)26(7-3)8-4/h9-17H,5-8H2,1-4H3. The van der Waals surface area contributed by atoms with Crippen molar-refractivity contribution in [1.82, 2.24) is 4.98 Å². The van der Waals surface area contributed by atoms with Gasteiger partial charge in [-0.15, -0.1) is 0 Å². The van der Waals surface area contributed by atoms with Crippen LogP contribution in [-0.2, 0) is 0 Å². The molecule has 0 aliphatic rings. The molecule has 1 heterocycles. The highest BCUT2D eigenvalue weighted by Crippen LogP contribution is 2.27. The number of hydrogen-bond donors (Lipinski definition) is 0. The van der Waals surface area contributed by atoms with Crippen molar-refractivity contribution in [2.24, 2.45) is 0 Å². The first kappa shape index (κ1) is 19.0. The lowest BCUT2D eigenvalue weighted by Crippen LogP contribution is -2.21. The Hall–Kier alpha value is -2.75. The second-order valence-electron chi connectivity index (χ2n) is 6.48. The fourth-order valence-corrected chi connectivity index (χ4v) is 3.37. The van der Waals surface area contributed by atoms with Crippen LogP contribution in [0.3, 0.4) is 0 Å². The lowest BCUT2D eigenvalue weighted by Gasteiger charge is -2.21. The van der Waals surface area contributed by atoms with Crippen LogP contribution in [0.5, 0.6) is 0 Å². The minimum absolute atomic E-state index is 0.656. The van der Waals surface area contributed by atoms with Crippen LogP contribution in [0.25, 0.3) is 22.7 Å². The van der Waals surface area contributed by atoms with Gasteiger partial charge in [-0.05, 0) is 64.1 Å². The Kier molecular flexibility index (Phi) is 6.17. The molecule has 27 heavy (non-hydrogen) atoms. The van der Waals surface area contributed by atoms with Gasteiger partial charge in [-0.3, -0.25) is 0 Å². The second-order valence-corrected chi connectivity index (χ2v) is 6.48. The van der Waals surface area contributed by atoms with E-state index in [2.05, 4.69) is 91.0 Å². The van der Waals surface area contributed by atoms with E-state index in [1.165, 1.54) is 11.4 Å². The maximum absolute atomic E-state index is 5.74. The van der Waals surface area contributed by atoms with Crippen LogP contribution in [0.4, 0.5) is 11.4 Å². The molecular weight excluding hydrogens is 334 g/mol. The molecule has 0 saturated carbocycles. The van der Waals surface area contributed by atoms with Gasteiger partial charge >= 0.3 is 0 Å². The maximum Gasteiger partial charge on any atom is 0.226 e. The summed E-state index contributed by atoms with van der Waals surface area (Å²) in [4.78, 5) is 9.34. The molecule has 0 N–H and O–H groups in total. The Bertz CT molecular complexity index is 759. The second kappa shape index (κ2) is 8.76. The monoisotopic (exact) mass is 363 g/mol. The van der Waals surface area contributed by atoms with Crippen molar-refractivity contribution in [1.29, 1.82) is 0 Å². The Balaban J connectivity index is 1.78. The molecule has 0 bridgehead atoms. The van der Waals surface area contributed by atoms with Gasteiger partial charge < -0.3 is 14.2 Å². The highest BCUT2D eigenvalue weighted by molar-refractivity contribution is 5.66. The van der Waals surface area contributed by atoms with Crippen LogP contribution in [-0.4, -0.2) is 31.2 Å². The summed E-state index contributed by atoms with van der Waals surface area (Å²) in [6.07, 6.45) is 1.74. The summed E-state index contributed by atoms with van der Waals surface area (Å²) in [7, 11) is 0. The van der Waals surface area contributed by atoms with Crippen molar-refractivity contribution in [2.45, 2.75) is 27.7 Å². The van der Waals surface area contributed by atoms with Gasteiger partial charge in [0.25, 0.3) is 0 Å². The Labute approximate surface area is 162 Å². The first-order chi connectivity index (χ1) is 13.2. The van der Waals surface area contributed by atoms with Crippen molar-refractivity contribution >= 4 is 11.4 Å². The molecule has 0 amide bonds. The molecule has 3 rings (SSSR count). The SMILES string of the molecule is CCN(CC)c1ccc(-c2coc(-c3ccc(N(CC)CC)cc3)n2)cc1. The smallest absolute Gasteiger partial charge is 0.226 e. The molecule has 0 unspecified atom stereocenters. The van der Waals surface area contributed by atoms with Crippen molar-refractivity contribution in [3.05, 3.63) is 54.8 Å². The quantitative estimate of drug-likeness (QED) is 0.514. The highest BCUT2D eigenvalue weighted by atomic mass is 16.3. The summed E-state index contributed by atoms with van der Waals surface area (Å²) in [5.41, 5.74) is 5.39. The maximum atomic E-state index is 5.74. The molecule has 3 aromatic rings. The molecule has 0 atom stereocenters. The molecule has 2 aromatic carbocycles. The summed E-state index contributed by atoms with van der Waals surface area (Å²) >= 11 is 0. The van der Waals surface area contributed by atoms with Crippen LogP contribution in [0.1, 0.15) is 27.7 Å². The Morgan fingerprint density at radius 2 is 1.11 bits per heavy atom. The average Bonchev–Trinajstić information content (AvgIpc) is 3.21. The lowest BCUT2D eigenvalue weighted by atomic mass is 10.1. The van der Waals surface area contributed by atoms with Crippen molar-refractivity contribution in [2.75, 3.05) is 36.0 Å². The summed E-state index contributed by atoms with van der Waals surface area (Å²) in [5.74, 6) is 0.656. The van der Waals surface area contributed by atoms with Crippen LogP contribution in [0, 0.1) is 0 Å². The molecule has 142 valence electrons. The molecule has 0 fully saturated rings. The zero-order valence-corrected chi connectivity index (χ0v) is 16.8. The van der Waals surface area contributed by atoms with Gasteiger partial charge in [-0.2, -0.15) is 0 Å². The van der Waals surface area contributed by atoms with Crippen LogP contribution >= 0.6 is 0 Å². The Morgan fingerprint density at radius 3 is 1.56 bits per heavy atom. The van der Waals surface area contributed by atoms with E-state index in [0.717, 1.165) is 43.0 Å². The fourth-order valence-electron chi connectivity index (χ4n) is 3.37. The summed E-state index contributed by atoms with van der Waals surface area (Å²) < 4.78 is 5.74. The zero-order chi connectivity index (χ0) is 19.2. The van der Waals surface area contributed by atoms with Crippen LogP contribution < -0.4 is 9.80 Å². The van der Waals surface area contributed by atoms with Crippen molar-refractivity contribution < 1.29 is 4.42 Å². The number of nitrogens with zero attached hydrogens (tertiary/aromatic N) is 3. The highest BCUT2D eigenvalue weighted by Gasteiger charge is 2.10. The molecule has 0 spiro atoms. The first-order valence-corrected chi connectivity index (χ1v) is 9.86. The fraction of sp³-hybridized carbons (Fsp3) is 0.348. The van der Waals surface area contributed by atoms with Gasteiger partial charge in [0.1, 0.15) is 12.0 Å². The number of aromatic nitrogens is 1. The third-order valence-electron chi connectivity index (χ3n) is 5.04. The number of rotatable bonds is 8. The average molecular weight is 364 g/mol. The summed E-state index contributed by atoms with van der Waals surface area (Å²) in [6.45, 7) is 12.7. The van der Waals surface area contributed by atoms with E-state index < -0.39 is 0 Å². The molecule has 4 heteroatoms. The molecule has 1 aromatic heterocycles. The number of oxazole rings is 1. The minimum atomic E-state index is 0.656. The number of hydrogen-bond acceptors (Lipinski definition) is 4.